The number of rotatable bonds is 1. The smallest absolute Gasteiger partial charge is 0.351 e. The third-order valence-electron chi connectivity index (χ3n) is 1.45. The average molecular weight is 282 g/mol. The predicted molar refractivity (Wildman–Crippen MR) is 52.6 cm³/mol. The van der Waals surface area contributed by atoms with Crippen molar-refractivity contribution >= 4 is 28.6 Å². The largest absolute Gasteiger partial charge is 0.456 e. The lowest BCUT2D eigenvalue weighted by Gasteiger charge is -2.31. The molecule has 0 unspecified atom stereocenters. The van der Waals surface area contributed by atoms with E-state index in [4.69, 9.17) is 9.47 Å². The van der Waals surface area contributed by atoms with Crippen molar-refractivity contribution in [1.29, 1.82) is 0 Å². The van der Waals surface area contributed by atoms with Crippen LogP contribution in [0.4, 0.5) is 0 Å². The summed E-state index contributed by atoms with van der Waals surface area (Å²) < 4.78 is 11.0. The number of ether oxygens (including phenoxy) is 2. The zero-order chi connectivity index (χ0) is 9.35. The number of esters is 1. The normalized spacial score (nSPS) is 21.8. The second-order valence-corrected chi connectivity index (χ2v) is 4.06. The minimum atomic E-state index is -0.808. The Morgan fingerprint density at radius 3 is 2.50 bits per heavy atom. The van der Waals surface area contributed by atoms with Gasteiger partial charge in [0.1, 0.15) is 9.34 Å². The molecule has 0 amide bonds. The second-order valence-electron chi connectivity index (χ2n) is 2.98. The summed E-state index contributed by atoms with van der Waals surface area (Å²) in [4.78, 5) is 11.2. The third kappa shape index (κ3) is 1.91. The van der Waals surface area contributed by atoms with E-state index >= 15 is 0 Å². The molecule has 1 aliphatic rings. The van der Waals surface area contributed by atoms with E-state index in [2.05, 4.69) is 0 Å². The number of carbonyl (C=O) groups excluding carboxylic acids is 1. The van der Waals surface area contributed by atoms with E-state index in [0.717, 1.165) is 12.2 Å². The molecule has 0 aromatic carbocycles. The van der Waals surface area contributed by atoms with Gasteiger partial charge < -0.3 is 9.47 Å². The van der Waals surface area contributed by atoms with Crippen molar-refractivity contribution in [3.8, 4) is 0 Å². The van der Waals surface area contributed by atoms with E-state index in [9.17, 15) is 4.79 Å². The number of hydrogen-bond donors (Lipinski definition) is 0. The lowest BCUT2D eigenvalue weighted by molar-refractivity contribution is -0.206. The molecule has 4 heteroatoms. The highest BCUT2D eigenvalue weighted by atomic mass is 127. The van der Waals surface area contributed by atoms with E-state index < -0.39 is 5.79 Å². The first-order valence-corrected chi connectivity index (χ1v) is 4.85. The summed E-state index contributed by atoms with van der Waals surface area (Å²) >= 11 is 1.94. The van der Waals surface area contributed by atoms with Crippen molar-refractivity contribution in [2.75, 3.05) is 0 Å². The van der Waals surface area contributed by atoms with Gasteiger partial charge in [-0.25, -0.2) is 4.79 Å². The van der Waals surface area contributed by atoms with Gasteiger partial charge in [0.05, 0.1) is 0 Å². The van der Waals surface area contributed by atoms with Gasteiger partial charge in [0.15, 0.2) is 0 Å². The van der Waals surface area contributed by atoms with Gasteiger partial charge in [-0.15, -0.1) is 0 Å². The monoisotopic (exact) mass is 282 g/mol. The van der Waals surface area contributed by atoms with Crippen molar-refractivity contribution in [3.63, 3.8) is 0 Å². The number of hydrogen-bond acceptors (Lipinski definition) is 3. The number of carbonyl (C=O) groups is 1. The van der Waals surface area contributed by atoms with E-state index in [1.54, 1.807) is 13.8 Å². The van der Waals surface area contributed by atoms with Crippen LogP contribution < -0.4 is 0 Å². The fourth-order valence-corrected chi connectivity index (χ4v) is 1.57. The Hall–Kier alpha value is -0.260. The molecular weight excluding hydrogens is 271 g/mol. The summed E-state index contributed by atoms with van der Waals surface area (Å²) in [6, 6.07) is 0. The molecule has 0 radical (unpaired) electrons. The summed E-state index contributed by atoms with van der Waals surface area (Å²) in [7, 11) is 0. The fraction of sp³-hybridized carbons (Fsp3) is 0.625. The molecule has 0 spiro atoms. The molecule has 0 saturated heterocycles. The first-order chi connectivity index (χ1) is 5.46. The highest BCUT2D eigenvalue weighted by molar-refractivity contribution is 14.1. The molecule has 0 aromatic rings. The van der Waals surface area contributed by atoms with Gasteiger partial charge in [-0.1, -0.05) is 6.92 Å². The number of cyclic esters (lactones) is 1. The van der Waals surface area contributed by atoms with Crippen molar-refractivity contribution < 1.29 is 14.3 Å². The van der Waals surface area contributed by atoms with Gasteiger partial charge in [-0.2, -0.15) is 0 Å². The Kier molecular flexibility index (Phi) is 2.65. The molecular formula is C8H11IO3. The quantitative estimate of drug-likeness (QED) is 0.547. The maximum atomic E-state index is 11.2. The van der Waals surface area contributed by atoms with Crippen molar-refractivity contribution in [2.24, 2.45) is 0 Å². The fourth-order valence-electron chi connectivity index (χ4n) is 0.972. The molecule has 0 aliphatic carbocycles. The topological polar surface area (TPSA) is 35.5 Å². The van der Waals surface area contributed by atoms with Gasteiger partial charge in [0, 0.05) is 20.3 Å². The molecule has 0 aromatic heterocycles. The van der Waals surface area contributed by atoms with Gasteiger partial charge in [-0.05, 0) is 22.6 Å². The molecule has 1 aliphatic heterocycles. The minimum absolute atomic E-state index is 0.288. The Morgan fingerprint density at radius 1 is 1.42 bits per heavy atom. The molecule has 0 atom stereocenters. The highest BCUT2D eigenvalue weighted by Gasteiger charge is 2.33. The van der Waals surface area contributed by atoms with Gasteiger partial charge in [0.2, 0.25) is 5.79 Å². The number of allylic oxidation sites excluding steroid dienone is 1. The van der Waals surface area contributed by atoms with Crippen LogP contribution in [0.1, 0.15) is 27.2 Å². The molecule has 0 fully saturated rings. The lowest BCUT2D eigenvalue weighted by Crippen LogP contribution is -2.35. The molecule has 1 rings (SSSR count). The van der Waals surface area contributed by atoms with Crippen LogP contribution in [0.15, 0.2) is 9.34 Å². The van der Waals surface area contributed by atoms with E-state index in [1.165, 1.54) is 0 Å². The minimum Gasteiger partial charge on any atom is -0.456 e. The van der Waals surface area contributed by atoms with Crippen molar-refractivity contribution in [3.05, 3.63) is 9.34 Å². The first kappa shape index (κ1) is 9.83. The molecule has 1 heterocycles. The van der Waals surface area contributed by atoms with E-state index in [-0.39, 0.29) is 5.97 Å². The summed E-state index contributed by atoms with van der Waals surface area (Å²) in [5.41, 5.74) is 0. The SMILES string of the molecule is CCC1=C(I)C(=O)OC(C)(C)O1. The summed E-state index contributed by atoms with van der Waals surface area (Å²) in [6.45, 7) is 5.40. The summed E-state index contributed by atoms with van der Waals surface area (Å²) in [6.07, 6.45) is 0.719. The third-order valence-corrected chi connectivity index (χ3v) is 2.49. The second kappa shape index (κ2) is 3.24. The molecule has 68 valence electrons. The maximum absolute atomic E-state index is 11.2. The van der Waals surface area contributed by atoms with Crippen LogP contribution in [0.3, 0.4) is 0 Å². The summed E-state index contributed by atoms with van der Waals surface area (Å²) in [5, 5.41) is 0. The Balaban J connectivity index is 2.95. The molecule has 0 saturated carbocycles. The Bertz CT molecular complexity index is 243. The van der Waals surface area contributed by atoms with Crippen LogP contribution >= 0.6 is 22.6 Å². The van der Waals surface area contributed by atoms with Gasteiger partial charge >= 0.3 is 5.97 Å². The highest BCUT2D eigenvalue weighted by Crippen LogP contribution is 2.31. The van der Waals surface area contributed by atoms with Gasteiger partial charge in [-0.3, -0.25) is 0 Å². The number of halogens is 1. The molecule has 0 bridgehead atoms. The van der Waals surface area contributed by atoms with Crippen LogP contribution in [-0.2, 0) is 14.3 Å². The first-order valence-electron chi connectivity index (χ1n) is 3.77. The zero-order valence-corrected chi connectivity index (χ0v) is 9.47. The summed E-state index contributed by atoms with van der Waals surface area (Å²) in [5.74, 6) is -0.377. The zero-order valence-electron chi connectivity index (χ0n) is 7.31. The van der Waals surface area contributed by atoms with Crippen LogP contribution in [0, 0.1) is 0 Å². The average Bonchev–Trinajstić information content (AvgIpc) is 1.96. The molecule has 0 N–H and O–H groups in total. The Morgan fingerprint density at radius 2 is 2.00 bits per heavy atom. The van der Waals surface area contributed by atoms with Crippen LogP contribution in [0.5, 0.6) is 0 Å². The van der Waals surface area contributed by atoms with E-state index in [0.29, 0.717) is 3.58 Å². The maximum Gasteiger partial charge on any atom is 0.351 e. The Labute approximate surface area is 85.2 Å². The predicted octanol–water partition coefficient (Wildman–Crippen LogP) is 2.35. The molecule has 12 heavy (non-hydrogen) atoms. The van der Waals surface area contributed by atoms with Crippen molar-refractivity contribution in [1.82, 2.24) is 0 Å². The van der Waals surface area contributed by atoms with Crippen molar-refractivity contribution in [2.45, 2.75) is 33.0 Å². The standard InChI is InChI=1S/C8H11IO3/c1-4-5-6(9)7(10)12-8(2,3)11-5/h4H2,1-3H3. The van der Waals surface area contributed by atoms with Gasteiger partial charge in [0.25, 0.3) is 0 Å². The van der Waals surface area contributed by atoms with E-state index in [1.807, 2.05) is 29.5 Å². The van der Waals surface area contributed by atoms with Crippen LogP contribution in [0.25, 0.3) is 0 Å². The molecule has 3 nitrogen and oxygen atoms in total. The lowest BCUT2D eigenvalue weighted by atomic mass is 10.3. The van der Waals surface area contributed by atoms with Crippen LogP contribution in [-0.4, -0.2) is 11.8 Å². The van der Waals surface area contributed by atoms with Crippen LogP contribution in [0.2, 0.25) is 0 Å².